The lowest BCUT2D eigenvalue weighted by atomic mass is 10.1. The predicted octanol–water partition coefficient (Wildman–Crippen LogP) is 1.91. The van der Waals surface area contributed by atoms with Crippen LogP contribution < -0.4 is 10.6 Å². The van der Waals surface area contributed by atoms with E-state index >= 15 is 0 Å². The number of non-ortho nitro benzene ring substituents is 1. The van der Waals surface area contributed by atoms with Crippen LogP contribution in [0.3, 0.4) is 0 Å². The molecular weight excluding hydrogens is 237 g/mol. The van der Waals surface area contributed by atoms with Gasteiger partial charge in [0.15, 0.2) is 0 Å². The van der Waals surface area contributed by atoms with E-state index in [0.717, 1.165) is 19.0 Å². The summed E-state index contributed by atoms with van der Waals surface area (Å²) in [4.78, 5) is 12.1. The van der Waals surface area contributed by atoms with Gasteiger partial charge in [-0.05, 0) is 31.9 Å². The van der Waals surface area contributed by atoms with Crippen molar-refractivity contribution in [1.82, 2.24) is 0 Å². The van der Waals surface area contributed by atoms with Crippen molar-refractivity contribution in [3.05, 3.63) is 34.1 Å². The highest BCUT2D eigenvalue weighted by molar-refractivity contribution is 5.55. The fourth-order valence-electron chi connectivity index (χ4n) is 2.50. The van der Waals surface area contributed by atoms with Crippen LogP contribution in [0.5, 0.6) is 0 Å². The molecule has 0 aromatic heterocycles. The summed E-state index contributed by atoms with van der Waals surface area (Å²) in [5, 5.41) is 10.7. The van der Waals surface area contributed by atoms with Crippen LogP contribution in [0.2, 0.25) is 0 Å². The van der Waals surface area contributed by atoms with Gasteiger partial charge in [-0.1, -0.05) is 0 Å². The topological polar surface area (TPSA) is 72.4 Å². The molecule has 2 unspecified atom stereocenters. The molecule has 2 N–H and O–H groups in total. The predicted molar refractivity (Wildman–Crippen MR) is 67.0 cm³/mol. The SMILES string of the molecule is CC1CC(CN)CN1c1cc(F)cc([N+](=O)[O-])c1. The lowest BCUT2D eigenvalue weighted by molar-refractivity contribution is -0.385. The summed E-state index contributed by atoms with van der Waals surface area (Å²) in [6, 6.07) is 3.91. The fraction of sp³-hybridized carbons (Fsp3) is 0.500. The molecule has 2 atom stereocenters. The number of nitrogens with two attached hydrogens (primary N) is 1. The van der Waals surface area contributed by atoms with Gasteiger partial charge in [-0.2, -0.15) is 0 Å². The highest BCUT2D eigenvalue weighted by atomic mass is 19.1. The molecule has 1 aliphatic heterocycles. The zero-order valence-electron chi connectivity index (χ0n) is 10.2. The second kappa shape index (κ2) is 4.89. The number of rotatable bonds is 3. The molecule has 1 aliphatic rings. The monoisotopic (exact) mass is 253 g/mol. The fourth-order valence-corrected chi connectivity index (χ4v) is 2.50. The summed E-state index contributed by atoms with van der Waals surface area (Å²) in [6.07, 6.45) is 0.931. The van der Waals surface area contributed by atoms with Gasteiger partial charge in [0.2, 0.25) is 0 Å². The van der Waals surface area contributed by atoms with Crippen LogP contribution in [-0.2, 0) is 0 Å². The molecule has 1 fully saturated rings. The standard InChI is InChI=1S/C12H16FN3O2/c1-8-2-9(6-14)7-15(8)11-3-10(13)4-12(5-11)16(17)18/h3-5,8-9H,2,6-7,14H2,1H3. The summed E-state index contributed by atoms with van der Waals surface area (Å²) in [5.41, 5.74) is 5.98. The van der Waals surface area contributed by atoms with Crippen molar-refractivity contribution in [2.75, 3.05) is 18.0 Å². The normalized spacial score (nSPS) is 23.4. The van der Waals surface area contributed by atoms with Crippen molar-refractivity contribution in [2.45, 2.75) is 19.4 Å². The molecule has 1 aromatic rings. The quantitative estimate of drug-likeness (QED) is 0.659. The summed E-state index contributed by atoms with van der Waals surface area (Å²) < 4.78 is 13.4. The van der Waals surface area contributed by atoms with Gasteiger partial charge in [0, 0.05) is 24.3 Å². The van der Waals surface area contributed by atoms with E-state index in [1.165, 1.54) is 12.1 Å². The van der Waals surface area contributed by atoms with Crippen LogP contribution in [0.15, 0.2) is 18.2 Å². The Hall–Kier alpha value is -1.69. The third-order valence-corrected chi connectivity index (χ3v) is 3.40. The van der Waals surface area contributed by atoms with Crippen molar-refractivity contribution in [1.29, 1.82) is 0 Å². The van der Waals surface area contributed by atoms with E-state index in [4.69, 9.17) is 5.73 Å². The van der Waals surface area contributed by atoms with Gasteiger partial charge in [0.05, 0.1) is 11.0 Å². The van der Waals surface area contributed by atoms with E-state index in [-0.39, 0.29) is 11.7 Å². The van der Waals surface area contributed by atoms with Crippen molar-refractivity contribution in [2.24, 2.45) is 11.7 Å². The van der Waals surface area contributed by atoms with E-state index in [9.17, 15) is 14.5 Å². The molecule has 0 aliphatic carbocycles. The number of nitro groups is 1. The molecule has 0 spiro atoms. The molecule has 1 saturated heterocycles. The molecular formula is C12H16FN3O2. The Morgan fingerprint density at radius 1 is 1.56 bits per heavy atom. The van der Waals surface area contributed by atoms with Crippen LogP contribution in [-0.4, -0.2) is 24.1 Å². The summed E-state index contributed by atoms with van der Waals surface area (Å²) in [7, 11) is 0. The van der Waals surface area contributed by atoms with Crippen LogP contribution in [0.4, 0.5) is 15.8 Å². The molecule has 2 rings (SSSR count). The van der Waals surface area contributed by atoms with Crippen LogP contribution in [0, 0.1) is 21.8 Å². The first kappa shape index (κ1) is 12.8. The number of hydrogen-bond donors (Lipinski definition) is 1. The third-order valence-electron chi connectivity index (χ3n) is 3.40. The van der Waals surface area contributed by atoms with Crippen molar-refractivity contribution in [3.63, 3.8) is 0 Å². The Kier molecular flexibility index (Phi) is 3.47. The molecule has 98 valence electrons. The lowest BCUT2D eigenvalue weighted by Gasteiger charge is -2.23. The van der Waals surface area contributed by atoms with Gasteiger partial charge >= 0.3 is 0 Å². The van der Waals surface area contributed by atoms with Gasteiger partial charge in [0.1, 0.15) is 5.82 Å². The minimum Gasteiger partial charge on any atom is -0.368 e. The smallest absolute Gasteiger partial charge is 0.274 e. The number of anilines is 1. The van der Waals surface area contributed by atoms with E-state index in [1.54, 1.807) is 0 Å². The molecule has 0 bridgehead atoms. The van der Waals surface area contributed by atoms with Crippen LogP contribution >= 0.6 is 0 Å². The van der Waals surface area contributed by atoms with Gasteiger partial charge in [-0.15, -0.1) is 0 Å². The number of benzene rings is 1. The van der Waals surface area contributed by atoms with Gasteiger partial charge in [-0.25, -0.2) is 4.39 Å². The molecule has 1 heterocycles. The van der Waals surface area contributed by atoms with Crippen LogP contribution in [0.1, 0.15) is 13.3 Å². The maximum atomic E-state index is 13.4. The Morgan fingerprint density at radius 2 is 2.28 bits per heavy atom. The molecule has 0 radical (unpaired) electrons. The Labute approximate surface area is 105 Å². The molecule has 0 saturated carbocycles. The van der Waals surface area contributed by atoms with Gasteiger partial charge in [-0.3, -0.25) is 10.1 Å². The summed E-state index contributed by atoms with van der Waals surface area (Å²) in [5.74, 6) is -0.218. The first-order valence-electron chi connectivity index (χ1n) is 5.93. The third kappa shape index (κ3) is 2.43. The highest BCUT2D eigenvalue weighted by Gasteiger charge is 2.29. The average molecular weight is 253 g/mol. The molecule has 6 heteroatoms. The maximum absolute atomic E-state index is 13.4. The number of nitrogens with zero attached hydrogens (tertiary/aromatic N) is 2. The Morgan fingerprint density at radius 3 is 2.83 bits per heavy atom. The first-order chi connectivity index (χ1) is 8.51. The lowest BCUT2D eigenvalue weighted by Crippen LogP contribution is -2.27. The second-order valence-electron chi connectivity index (χ2n) is 4.76. The summed E-state index contributed by atoms with van der Waals surface area (Å²) >= 11 is 0. The molecule has 18 heavy (non-hydrogen) atoms. The van der Waals surface area contributed by atoms with Gasteiger partial charge < -0.3 is 10.6 Å². The number of hydrogen-bond acceptors (Lipinski definition) is 4. The number of nitro benzene ring substituents is 1. The zero-order valence-corrected chi connectivity index (χ0v) is 10.2. The Balaban J connectivity index is 2.30. The van der Waals surface area contributed by atoms with E-state index < -0.39 is 10.7 Å². The maximum Gasteiger partial charge on any atom is 0.274 e. The van der Waals surface area contributed by atoms with Crippen molar-refractivity contribution in [3.8, 4) is 0 Å². The number of halogens is 1. The zero-order chi connectivity index (χ0) is 13.3. The molecule has 0 amide bonds. The highest BCUT2D eigenvalue weighted by Crippen LogP contribution is 2.31. The van der Waals surface area contributed by atoms with E-state index in [1.807, 2.05) is 11.8 Å². The Bertz CT molecular complexity index is 467. The average Bonchev–Trinajstić information content (AvgIpc) is 2.69. The molecule has 1 aromatic carbocycles. The van der Waals surface area contributed by atoms with E-state index in [0.29, 0.717) is 18.2 Å². The van der Waals surface area contributed by atoms with Crippen molar-refractivity contribution >= 4 is 11.4 Å². The molecule has 5 nitrogen and oxygen atoms in total. The van der Waals surface area contributed by atoms with Crippen LogP contribution in [0.25, 0.3) is 0 Å². The minimum absolute atomic E-state index is 0.214. The van der Waals surface area contributed by atoms with Crippen molar-refractivity contribution < 1.29 is 9.31 Å². The van der Waals surface area contributed by atoms with E-state index in [2.05, 4.69) is 0 Å². The minimum atomic E-state index is -0.581. The summed E-state index contributed by atoms with van der Waals surface area (Å²) in [6.45, 7) is 3.32. The first-order valence-corrected chi connectivity index (χ1v) is 5.93. The van der Waals surface area contributed by atoms with Gasteiger partial charge in [0.25, 0.3) is 5.69 Å². The largest absolute Gasteiger partial charge is 0.368 e. The second-order valence-corrected chi connectivity index (χ2v) is 4.76.